The number of anilines is 1. The summed E-state index contributed by atoms with van der Waals surface area (Å²) in [6.07, 6.45) is 2.77. The standard InChI is InChI=1S/C11H13BrN2O4S/c1-3-19(17,18)5-4-10(15)13-9-7-14(2)6-8(12)11(9)16/h3,6-7H,1,4-5H2,2H3,(H,13,15). The van der Waals surface area contributed by atoms with E-state index in [0.29, 0.717) is 4.47 Å². The number of nitrogens with zero attached hydrogens (tertiary/aromatic N) is 1. The van der Waals surface area contributed by atoms with Gasteiger partial charge in [-0.15, -0.1) is 0 Å². The number of carbonyl (C=O) groups excluding carboxylic acids is 1. The van der Waals surface area contributed by atoms with Gasteiger partial charge in [0.05, 0.1) is 10.2 Å². The lowest BCUT2D eigenvalue weighted by atomic mass is 10.3. The van der Waals surface area contributed by atoms with Crippen LogP contribution in [-0.2, 0) is 21.7 Å². The molecule has 1 N–H and O–H groups in total. The first-order valence-corrected chi connectivity index (χ1v) is 7.77. The molecule has 8 heteroatoms. The average Bonchev–Trinajstić information content (AvgIpc) is 2.33. The van der Waals surface area contributed by atoms with Crippen molar-refractivity contribution in [3.05, 3.63) is 39.1 Å². The molecular formula is C11H13BrN2O4S. The van der Waals surface area contributed by atoms with Crippen LogP contribution in [0.1, 0.15) is 6.42 Å². The average molecular weight is 349 g/mol. The molecule has 19 heavy (non-hydrogen) atoms. The molecule has 0 fully saturated rings. The van der Waals surface area contributed by atoms with Crippen LogP contribution in [0.15, 0.2) is 33.6 Å². The molecule has 1 amide bonds. The van der Waals surface area contributed by atoms with Crippen LogP contribution >= 0.6 is 15.9 Å². The zero-order valence-corrected chi connectivity index (χ0v) is 12.6. The molecule has 0 saturated heterocycles. The van der Waals surface area contributed by atoms with E-state index < -0.39 is 15.7 Å². The van der Waals surface area contributed by atoms with Crippen LogP contribution in [0.5, 0.6) is 0 Å². The molecule has 0 aromatic carbocycles. The van der Waals surface area contributed by atoms with E-state index in [4.69, 9.17) is 0 Å². The Morgan fingerprint density at radius 1 is 1.53 bits per heavy atom. The molecule has 0 radical (unpaired) electrons. The number of amides is 1. The summed E-state index contributed by atoms with van der Waals surface area (Å²) >= 11 is 3.07. The Hall–Kier alpha value is -1.41. The number of aryl methyl sites for hydroxylation is 1. The number of nitrogens with one attached hydrogen (secondary N) is 1. The molecule has 6 nitrogen and oxygen atoms in total. The van der Waals surface area contributed by atoms with Gasteiger partial charge in [0.25, 0.3) is 0 Å². The summed E-state index contributed by atoms with van der Waals surface area (Å²) in [5, 5.41) is 3.19. The quantitative estimate of drug-likeness (QED) is 0.861. The van der Waals surface area contributed by atoms with E-state index in [1.807, 2.05) is 0 Å². The van der Waals surface area contributed by atoms with Crippen LogP contribution in [0.2, 0.25) is 0 Å². The first-order chi connectivity index (χ1) is 8.75. The molecule has 0 aliphatic heterocycles. The predicted molar refractivity (Wildman–Crippen MR) is 76.6 cm³/mol. The Kier molecular flexibility index (Phi) is 5.07. The van der Waals surface area contributed by atoms with Crippen molar-refractivity contribution in [2.75, 3.05) is 11.1 Å². The Balaban J connectivity index is 2.79. The molecule has 0 saturated carbocycles. The van der Waals surface area contributed by atoms with Crippen LogP contribution < -0.4 is 10.7 Å². The SMILES string of the molecule is C=CS(=O)(=O)CCC(=O)Nc1cn(C)cc(Br)c1=O. The molecule has 1 rings (SSSR count). The highest BCUT2D eigenvalue weighted by atomic mass is 79.9. The topological polar surface area (TPSA) is 85.2 Å². The van der Waals surface area contributed by atoms with Gasteiger partial charge in [0, 0.05) is 31.3 Å². The lowest BCUT2D eigenvalue weighted by Crippen LogP contribution is -2.21. The van der Waals surface area contributed by atoms with Crippen LogP contribution in [0.3, 0.4) is 0 Å². The van der Waals surface area contributed by atoms with Crippen molar-refractivity contribution in [3.63, 3.8) is 0 Å². The van der Waals surface area contributed by atoms with Crippen molar-refractivity contribution in [2.45, 2.75) is 6.42 Å². The second-order valence-corrected chi connectivity index (χ2v) is 6.77. The fraction of sp³-hybridized carbons (Fsp3) is 0.273. The van der Waals surface area contributed by atoms with Crippen LogP contribution in [0, 0.1) is 0 Å². The first kappa shape index (κ1) is 15.6. The van der Waals surface area contributed by atoms with Gasteiger partial charge in [-0.2, -0.15) is 0 Å². The number of hydrogen-bond donors (Lipinski definition) is 1. The van der Waals surface area contributed by atoms with Gasteiger partial charge in [-0.3, -0.25) is 9.59 Å². The monoisotopic (exact) mass is 348 g/mol. The molecule has 1 aromatic rings. The third kappa shape index (κ3) is 4.64. The third-order valence-corrected chi connectivity index (χ3v) is 4.10. The molecule has 0 atom stereocenters. The van der Waals surface area contributed by atoms with E-state index in [2.05, 4.69) is 27.8 Å². The Morgan fingerprint density at radius 3 is 2.74 bits per heavy atom. The van der Waals surface area contributed by atoms with Gasteiger partial charge in [-0.25, -0.2) is 8.42 Å². The molecule has 1 heterocycles. The minimum atomic E-state index is -3.42. The van der Waals surface area contributed by atoms with Crippen molar-refractivity contribution >= 4 is 37.4 Å². The van der Waals surface area contributed by atoms with Crippen molar-refractivity contribution in [3.8, 4) is 0 Å². The lowest BCUT2D eigenvalue weighted by molar-refractivity contribution is -0.115. The third-order valence-electron chi connectivity index (χ3n) is 2.25. The normalized spacial score (nSPS) is 11.1. The van der Waals surface area contributed by atoms with Crippen LogP contribution in [0.4, 0.5) is 5.69 Å². The van der Waals surface area contributed by atoms with Gasteiger partial charge in [0.2, 0.25) is 11.3 Å². The van der Waals surface area contributed by atoms with Gasteiger partial charge < -0.3 is 9.88 Å². The van der Waals surface area contributed by atoms with Crippen LogP contribution in [0.25, 0.3) is 0 Å². The maximum Gasteiger partial charge on any atom is 0.225 e. The fourth-order valence-electron chi connectivity index (χ4n) is 1.29. The molecule has 104 valence electrons. The van der Waals surface area contributed by atoms with Gasteiger partial charge in [-0.1, -0.05) is 6.58 Å². The maximum atomic E-state index is 11.7. The Bertz CT molecular complexity index is 664. The zero-order valence-electron chi connectivity index (χ0n) is 10.2. The van der Waals surface area contributed by atoms with Crippen molar-refractivity contribution in [2.24, 2.45) is 7.05 Å². The second-order valence-electron chi connectivity index (χ2n) is 3.85. The number of halogens is 1. The summed E-state index contributed by atoms with van der Waals surface area (Å²) in [6.45, 7) is 3.15. The molecule has 0 spiro atoms. The lowest BCUT2D eigenvalue weighted by Gasteiger charge is -2.07. The molecule has 0 aliphatic rings. The minimum absolute atomic E-state index is 0.0953. The minimum Gasteiger partial charge on any atom is -0.354 e. The predicted octanol–water partition coefficient (Wildman–Crippen LogP) is 1.03. The van der Waals surface area contributed by atoms with E-state index in [0.717, 1.165) is 5.41 Å². The number of hydrogen-bond acceptors (Lipinski definition) is 4. The van der Waals surface area contributed by atoms with Gasteiger partial charge in [-0.05, 0) is 15.9 Å². The van der Waals surface area contributed by atoms with Gasteiger partial charge in [0.15, 0.2) is 9.84 Å². The number of carbonyl (C=O) groups is 1. The van der Waals surface area contributed by atoms with Gasteiger partial charge >= 0.3 is 0 Å². The second kappa shape index (κ2) is 6.16. The zero-order chi connectivity index (χ0) is 14.6. The first-order valence-electron chi connectivity index (χ1n) is 5.26. The van der Waals surface area contributed by atoms with E-state index in [-0.39, 0.29) is 23.3 Å². The number of aromatic nitrogens is 1. The van der Waals surface area contributed by atoms with Crippen molar-refractivity contribution in [1.29, 1.82) is 0 Å². The summed E-state index contributed by atoms with van der Waals surface area (Å²) in [6, 6.07) is 0. The summed E-state index contributed by atoms with van der Waals surface area (Å²) < 4.78 is 24.2. The molecule has 0 bridgehead atoms. The summed E-state index contributed by atoms with van der Waals surface area (Å²) in [7, 11) is -1.73. The Labute approximate surface area is 119 Å². The molecule has 0 unspecified atom stereocenters. The molecule has 1 aromatic heterocycles. The molecular weight excluding hydrogens is 336 g/mol. The van der Waals surface area contributed by atoms with Gasteiger partial charge in [0.1, 0.15) is 5.69 Å². The Morgan fingerprint density at radius 2 is 2.16 bits per heavy atom. The van der Waals surface area contributed by atoms with Crippen molar-refractivity contribution < 1.29 is 13.2 Å². The maximum absolute atomic E-state index is 11.7. The van der Waals surface area contributed by atoms with Crippen molar-refractivity contribution in [1.82, 2.24) is 4.57 Å². The fourth-order valence-corrected chi connectivity index (χ4v) is 2.46. The van der Waals surface area contributed by atoms with E-state index >= 15 is 0 Å². The number of sulfone groups is 1. The van der Waals surface area contributed by atoms with E-state index in [1.165, 1.54) is 6.20 Å². The smallest absolute Gasteiger partial charge is 0.225 e. The summed E-state index contributed by atoms with van der Waals surface area (Å²) in [4.78, 5) is 23.3. The largest absolute Gasteiger partial charge is 0.354 e. The summed E-state index contributed by atoms with van der Waals surface area (Å²) in [5.74, 6) is -0.878. The van der Waals surface area contributed by atoms with Crippen LogP contribution in [-0.4, -0.2) is 24.6 Å². The van der Waals surface area contributed by atoms with E-state index in [1.54, 1.807) is 17.8 Å². The highest BCUT2D eigenvalue weighted by Gasteiger charge is 2.12. The number of rotatable bonds is 5. The summed E-state index contributed by atoms with van der Waals surface area (Å²) in [5.41, 5.74) is -0.268. The highest BCUT2D eigenvalue weighted by molar-refractivity contribution is 9.10. The van der Waals surface area contributed by atoms with E-state index in [9.17, 15) is 18.0 Å². The highest BCUT2D eigenvalue weighted by Crippen LogP contribution is 2.08. The number of pyridine rings is 1. The molecule has 0 aliphatic carbocycles.